The number of aryl methyl sites for hydroxylation is 1. The third-order valence-electron chi connectivity index (χ3n) is 7.04. The van der Waals surface area contributed by atoms with E-state index in [0.29, 0.717) is 41.7 Å². The lowest BCUT2D eigenvalue weighted by Crippen LogP contribution is -2.26. The fraction of sp³-hybridized carbons (Fsp3) is 0.517. The number of benzene rings is 1. The molecule has 2 aromatic carbocycles. The van der Waals surface area contributed by atoms with Gasteiger partial charge in [0.15, 0.2) is 11.5 Å². The van der Waals surface area contributed by atoms with Crippen molar-refractivity contribution in [1.29, 1.82) is 0 Å². The van der Waals surface area contributed by atoms with E-state index in [1.165, 1.54) is 13.3 Å². The summed E-state index contributed by atoms with van der Waals surface area (Å²) in [5.74, 6) is 2.00. The van der Waals surface area contributed by atoms with E-state index >= 15 is 0 Å². The van der Waals surface area contributed by atoms with Crippen LogP contribution in [-0.4, -0.2) is 33.8 Å². The predicted molar refractivity (Wildman–Crippen MR) is 144 cm³/mol. The van der Waals surface area contributed by atoms with Crippen molar-refractivity contribution in [2.75, 3.05) is 33.2 Å². The minimum absolute atomic E-state index is 0.0974. The van der Waals surface area contributed by atoms with E-state index in [-0.39, 0.29) is 17.4 Å². The van der Waals surface area contributed by atoms with Gasteiger partial charge in [-0.3, -0.25) is 9.59 Å². The molecule has 2 atom stereocenters. The van der Waals surface area contributed by atoms with E-state index in [0.717, 1.165) is 48.1 Å². The van der Waals surface area contributed by atoms with Gasteiger partial charge in [0.2, 0.25) is 17.1 Å². The van der Waals surface area contributed by atoms with Crippen molar-refractivity contribution < 1.29 is 19.0 Å². The van der Waals surface area contributed by atoms with Gasteiger partial charge in [0.1, 0.15) is 0 Å². The lowest BCUT2D eigenvalue weighted by molar-refractivity contribution is -0.119. The molecule has 2 aromatic rings. The Morgan fingerprint density at radius 1 is 1.08 bits per heavy atom. The fourth-order valence-electron chi connectivity index (χ4n) is 5.05. The Hall–Kier alpha value is -3.22. The van der Waals surface area contributed by atoms with Gasteiger partial charge in [-0.1, -0.05) is 39.2 Å². The molecule has 2 N–H and O–H groups in total. The Bertz CT molecular complexity index is 1130. The quantitative estimate of drug-likeness (QED) is 0.428. The number of nitrogens with one attached hydrogen (secondary N) is 2. The van der Waals surface area contributed by atoms with Crippen molar-refractivity contribution in [3.63, 3.8) is 0 Å². The van der Waals surface area contributed by atoms with Crippen LogP contribution in [0.3, 0.4) is 0 Å². The first-order valence-corrected chi connectivity index (χ1v) is 12.9. The number of carbonyl (C=O) groups is 1. The number of hydrogen-bond donors (Lipinski definition) is 2. The third kappa shape index (κ3) is 5.94. The van der Waals surface area contributed by atoms with Gasteiger partial charge < -0.3 is 24.8 Å². The van der Waals surface area contributed by atoms with Crippen molar-refractivity contribution in [2.24, 2.45) is 5.92 Å². The van der Waals surface area contributed by atoms with Crippen molar-refractivity contribution in [3.05, 3.63) is 45.6 Å². The van der Waals surface area contributed by atoms with Gasteiger partial charge in [-0.2, -0.15) is 0 Å². The summed E-state index contributed by atoms with van der Waals surface area (Å²) >= 11 is 0. The third-order valence-corrected chi connectivity index (χ3v) is 7.04. The summed E-state index contributed by atoms with van der Waals surface area (Å²) in [6.07, 6.45) is 5.86. The Kier molecular flexibility index (Phi) is 9.62. The number of fused-ring (bicyclic) bond motifs is 3. The molecule has 0 aromatic heterocycles. The second-order valence-electron chi connectivity index (χ2n) is 9.39. The number of hydrogen-bond acceptors (Lipinski definition) is 6. The van der Waals surface area contributed by atoms with E-state index in [9.17, 15) is 9.59 Å². The van der Waals surface area contributed by atoms with Crippen molar-refractivity contribution in [3.8, 4) is 28.4 Å². The highest BCUT2D eigenvalue weighted by molar-refractivity contribution is 5.83. The summed E-state index contributed by atoms with van der Waals surface area (Å²) in [5, 5.41) is 6.45. The summed E-state index contributed by atoms with van der Waals surface area (Å²) in [7, 11) is 4.78. The summed E-state index contributed by atoms with van der Waals surface area (Å²) in [5.41, 5.74) is 3.93. The SMILES string of the molecule is CCCCC(CC)CNc1ccc2c(cc1=O)C(NC(C)=O)CCc1cc(OC)c(OC)c(OC)c1-2. The normalized spacial score (nSPS) is 15.1. The maximum absolute atomic E-state index is 13.4. The van der Waals surface area contributed by atoms with Crippen LogP contribution in [0, 0.1) is 5.92 Å². The molecular weight excluding hydrogens is 456 g/mol. The molecule has 2 unspecified atom stereocenters. The van der Waals surface area contributed by atoms with Crippen LogP contribution in [0.2, 0.25) is 0 Å². The average molecular weight is 497 g/mol. The molecule has 0 saturated carbocycles. The molecule has 1 aliphatic rings. The number of rotatable bonds is 11. The first-order valence-electron chi connectivity index (χ1n) is 12.9. The van der Waals surface area contributed by atoms with E-state index in [4.69, 9.17) is 14.2 Å². The maximum atomic E-state index is 13.4. The lowest BCUT2D eigenvalue weighted by Gasteiger charge is -2.19. The molecule has 7 heteroatoms. The van der Waals surface area contributed by atoms with Crippen molar-refractivity contribution >= 4 is 11.6 Å². The summed E-state index contributed by atoms with van der Waals surface area (Å²) in [4.78, 5) is 25.5. The highest BCUT2D eigenvalue weighted by Crippen LogP contribution is 2.50. The molecule has 0 aliphatic heterocycles. The van der Waals surface area contributed by atoms with E-state index in [1.54, 1.807) is 27.4 Å². The van der Waals surface area contributed by atoms with Crippen LogP contribution in [0.5, 0.6) is 17.2 Å². The molecule has 36 heavy (non-hydrogen) atoms. The summed E-state index contributed by atoms with van der Waals surface area (Å²) in [6, 6.07) is 7.12. The van der Waals surface area contributed by atoms with Gasteiger partial charge in [0.05, 0.1) is 33.1 Å². The standard InChI is InChI=1S/C29H40N2O5/c1-7-9-10-19(8-2)17-30-24-14-12-21-22(16-25(24)33)23(31-18(3)32)13-11-20-15-26(34-4)28(35-5)29(36-6)27(20)21/h12,14-16,19,23H,7-11,13,17H2,1-6H3,(H,30,33)(H,31,32). The Balaban J connectivity index is 2.18. The van der Waals surface area contributed by atoms with Gasteiger partial charge in [-0.25, -0.2) is 0 Å². The van der Waals surface area contributed by atoms with Gasteiger partial charge in [0, 0.05) is 19.0 Å². The molecule has 0 fully saturated rings. The number of ether oxygens (including phenoxy) is 3. The Morgan fingerprint density at radius 3 is 2.44 bits per heavy atom. The minimum atomic E-state index is -0.313. The van der Waals surface area contributed by atoms with E-state index < -0.39 is 0 Å². The molecule has 1 amide bonds. The number of anilines is 1. The van der Waals surface area contributed by atoms with Crippen LogP contribution in [0.25, 0.3) is 11.1 Å². The highest BCUT2D eigenvalue weighted by atomic mass is 16.5. The topological polar surface area (TPSA) is 85.9 Å². The monoisotopic (exact) mass is 496 g/mol. The number of unbranched alkanes of at least 4 members (excludes halogenated alkanes) is 1. The van der Waals surface area contributed by atoms with Crippen molar-refractivity contribution in [1.82, 2.24) is 5.32 Å². The first-order chi connectivity index (χ1) is 17.4. The Morgan fingerprint density at radius 2 is 1.83 bits per heavy atom. The van der Waals surface area contributed by atoms with Crippen LogP contribution < -0.4 is 30.3 Å². The fourth-order valence-corrected chi connectivity index (χ4v) is 5.05. The summed E-state index contributed by atoms with van der Waals surface area (Å²) in [6.45, 7) is 6.64. The van der Waals surface area contributed by atoms with Gasteiger partial charge in [0.25, 0.3) is 0 Å². The largest absolute Gasteiger partial charge is 0.493 e. The van der Waals surface area contributed by atoms with E-state index in [1.807, 2.05) is 18.2 Å². The van der Waals surface area contributed by atoms with Gasteiger partial charge in [-0.15, -0.1) is 0 Å². The smallest absolute Gasteiger partial charge is 0.217 e. The molecule has 196 valence electrons. The predicted octanol–water partition coefficient (Wildman–Crippen LogP) is 5.49. The van der Waals surface area contributed by atoms with Crippen LogP contribution in [0.4, 0.5) is 5.69 Å². The maximum Gasteiger partial charge on any atom is 0.217 e. The number of methoxy groups -OCH3 is 3. The molecule has 3 rings (SSSR count). The molecule has 0 radical (unpaired) electrons. The van der Waals surface area contributed by atoms with Gasteiger partial charge >= 0.3 is 0 Å². The van der Waals surface area contributed by atoms with Crippen molar-refractivity contribution in [2.45, 2.75) is 65.3 Å². The zero-order valence-corrected chi connectivity index (χ0v) is 22.5. The number of carbonyl (C=O) groups excluding carboxylic acids is 1. The van der Waals surface area contributed by atoms with Crippen LogP contribution in [-0.2, 0) is 11.2 Å². The average Bonchev–Trinajstić information content (AvgIpc) is 3.11. The minimum Gasteiger partial charge on any atom is -0.493 e. The van der Waals surface area contributed by atoms with Crippen LogP contribution in [0.15, 0.2) is 29.1 Å². The second-order valence-corrected chi connectivity index (χ2v) is 9.39. The molecule has 1 aliphatic carbocycles. The molecule has 0 saturated heterocycles. The molecule has 0 spiro atoms. The molecule has 0 heterocycles. The molecule has 7 nitrogen and oxygen atoms in total. The summed E-state index contributed by atoms with van der Waals surface area (Å²) < 4.78 is 17.1. The van der Waals surface area contributed by atoms with Gasteiger partial charge in [-0.05, 0) is 60.1 Å². The van der Waals surface area contributed by atoms with Crippen LogP contribution in [0.1, 0.15) is 70.0 Å². The molecule has 0 bridgehead atoms. The second kappa shape index (κ2) is 12.7. The highest BCUT2D eigenvalue weighted by Gasteiger charge is 2.29. The number of amides is 1. The molecular formula is C29H40N2O5. The Labute approximate surface area is 214 Å². The van der Waals surface area contributed by atoms with Crippen LogP contribution >= 0.6 is 0 Å². The van der Waals surface area contributed by atoms with E-state index in [2.05, 4.69) is 24.5 Å². The first kappa shape index (κ1) is 27.4. The zero-order chi connectivity index (χ0) is 26.2. The lowest BCUT2D eigenvalue weighted by atomic mass is 9.95. The zero-order valence-electron chi connectivity index (χ0n) is 22.5.